The Balaban J connectivity index is 2.07. The molecule has 108 valence electrons. The molecule has 1 heterocycles. The van der Waals surface area contributed by atoms with Crippen LogP contribution in [-0.4, -0.2) is 16.6 Å². The largest absolute Gasteiger partial charge is 0.323 e. The number of nitrogens with zero attached hydrogens (tertiary/aromatic N) is 2. The number of likely N-dealkylation sites (N-methyl/N-ethyl adjacent to an activating group) is 1. The van der Waals surface area contributed by atoms with Crippen molar-refractivity contribution in [2.45, 2.75) is 25.9 Å². The van der Waals surface area contributed by atoms with Gasteiger partial charge in [-0.05, 0) is 38.6 Å². The lowest BCUT2D eigenvalue weighted by atomic mass is 10.00. The highest BCUT2D eigenvalue weighted by Gasteiger charge is 2.22. The van der Waals surface area contributed by atoms with Crippen molar-refractivity contribution in [1.29, 1.82) is 0 Å². The van der Waals surface area contributed by atoms with Crippen LogP contribution in [0.15, 0.2) is 54.6 Å². The fourth-order valence-electron chi connectivity index (χ4n) is 3.17. The first-order valence-corrected chi connectivity index (χ1v) is 7.38. The summed E-state index contributed by atoms with van der Waals surface area (Å²) in [5, 5.41) is 3.45. The smallest absolute Gasteiger partial charge is 0.107 e. The topological polar surface area (TPSA) is 29.9 Å². The lowest BCUT2D eigenvalue weighted by Crippen LogP contribution is -2.26. The van der Waals surface area contributed by atoms with E-state index in [1.165, 1.54) is 11.1 Å². The van der Waals surface area contributed by atoms with E-state index in [0.29, 0.717) is 0 Å². The standard InChI is InChI=1S/C18H21N3/c1-13(18(19-3)15-9-5-4-6-10-15)21-14(2)20-16-11-7-8-12-17(16)21/h4-13,18-19H,1-3H3. The molecule has 0 aliphatic heterocycles. The molecule has 2 aromatic carbocycles. The van der Waals surface area contributed by atoms with Gasteiger partial charge in [0, 0.05) is 0 Å². The van der Waals surface area contributed by atoms with Crippen molar-refractivity contribution in [1.82, 2.24) is 14.9 Å². The monoisotopic (exact) mass is 279 g/mol. The van der Waals surface area contributed by atoms with E-state index < -0.39 is 0 Å². The summed E-state index contributed by atoms with van der Waals surface area (Å²) in [6, 6.07) is 19.4. The summed E-state index contributed by atoms with van der Waals surface area (Å²) in [5.74, 6) is 1.06. The fourth-order valence-corrected chi connectivity index (χ4v) is 3.17. The Morgan fingerprint density at radius 1 is 1.00 bits per heavy atom. The second-order valence-corrected chi connectivity index (χ2v) is 5.44. The van der Waals surface area contributed by atoms with Crippen molar-refractivity contribution >= 4 is 11.0 Å². The Morgan fingerprint density at radius 3 is 2.38 bits per heavy atom. The molecule has 2 atom stereocenters. The van der Waals surface area contributed by atoms with E-state index in [4.69, 9.17) is 0 Å². The summed E-state index contributed by atoms with van der Waals surface area (Å²) >= 11 is 0. The average molecular weight is 279 g/mol. The molecule has 3 aromatic rings. The number of rotatable bonds is 4. The van der Waals surface area contributed by atoms with Gasteiger partial charge in [0.25, 0.3) is 0 Å². The van der Waals surface area contributed by atoms with Crippen molar-refractivity contribution in [3.8, 4) is 0 Å². The van der Waals surface area contributed by atoms with E-state index in [2.05, 4.69) is 77.2 Å². The van der Waals surface area contributed by atoms with Gasteiger partial charge in [0.2, 0.25) is 0 Å². The zero-order valence-electron chi connectivity index (χ0n) is 12.7. The number of imidazole rings is 1. The molecule has 1 N–H and O–H groups in total. The van der Waals surface area contributed by atoms with Gasteiger partial charge >= 0.3 is 0 Å². The Labute approximate surface area is 125 Å². The van der Waals surface area contributed by atoms with E-state index in [9.17, 15) is 0 Å². The highest BCUT2D eigenvalue weighted by Crippen LogP contribution is 2.30. The molecule has 21 heavy (non-hydrogen) atoms. The fraction of sp³-hybridized carbons (Fsp3) is 0.278. The summed E-state index contributed by atoms with van der Waals surface area (Å²) in [6.07, 6.45) is 0. The second-order valence-electron chi connectivity index (χ2n) is 5.44. The Morgan fingerprint density at radius 2 is 1.67 bits per heavy atom. The first kappa shape index (κ1) is 13.8. The van der Waals surface area contributed by atoms with Crippen molar-refractivity contribution in [3.63, 3.8) is 0 Å². The zero-order chi connectivity index (χ0) is 14.8. The first-order chi connectivity index (χ1) is 10.2. The van der Waals surface area contributed by atoms with Gasteiger partial charge in [-0.25, -0.2) is 4.98 Å². The first-order valence-electron chi connectivity index (χ1n) is 7.38. The molecule has 0 saturated carbocycles. The van der Waals surface area contributed by atoms with E-state index >= 15 is 0 Å². The molecule has 0 amide bonds. The molecule has 3 nitrogen and oxygen atoms in total. The van der Waals surface area contributed by atoms with Gasteiger partial charge in [-0.1, -0.05) is 42.5 Å². The van der Waals surface area contributed by atoms with Gasteiger partial charge < -0.3 is 9.88 Å². The number of hydrogen-bond acceptors (Lipinski definition) is 2. The Kier molecular flexibility index (Phi) is 3.76. The third-order valence-electron chi connectivity index (χ3n) is 4.13. The third kappa shape index (κ3) is 2.45. The lowest BCUT2D eigenvalue weighted by molar-refractivity contribution is 0.403. The number of benzene rings is 2. The number of para-hydroxylation sites is 2. The third-order valence-corrected chi connectivity index (χ3v) is 4.13. The van der Waals surface area contributed by atoms with Crippen LogP contribution in [0.25, 0.3) is 11.0 Å². The summed E-state index contributed by atoms with van der Waals surface area (Å²) in [6.45, 7) is 4.32. The van der Waals surface area contributed by atoms with Gasteiger partial charge in [-0.3, -0.25) is 0 Å². The van der Waals surface area contributed by atoms with Crippen LogP contribution < -0.4 is 5.32 Å². The van der Waals surface area contributed by atoms with Crippen molar-refractivity contribution < 1.29 is 0 Å². The molecule has 0 aliphatic carbocycles. The van der Waals surface area contributed by atoms with Crippen molar-refractivity contribution in [3.05, 3.63) is 66.0 Å². The van der Waals surface area contributed by atoms with Crippen LogP contribution in [0.4, 0.5) is 0 Å². The number of nitrogens with one attached hydrogen (secondary N) is 1. The molecule has 0 bridgehead atoms. The molecule has 0 aliphatic rings. The second kappa shape index (κ2) is 5.70. The van der Waals surface area contributed by atoms with Crippen LogP contribution in [0.1, 0.15) is 30.4 Å². The van der Waals surface area contributed by atoms with Crippen LogP contribution in [0, 0.1) is 6.92 Å². The van der Waals surface area contributed by atoms with Crippen LogP contribution in [0.2, 0.25) is 0 Å². The zero-order valence-corrected chi connectivity index (χ0v) is 12.7. The molecule has 3 rings (SSSR count). The quantitative estimate of drug-likeness (QED) is 0.785. The van der Waals surface area contributed by atoms with Gasteiger partial charge in [-0.2, -0.15) is 0 Å². The average Bonchev–Trinajstić information content (AvgIpc) is 2.84. The van der Waals surface area contributed by atoms with Crippen LogP contribution in [0.3, 0.4) is 0 Å². The number of aromatic nitrogens is 2. The minimum absolute atomic E-state index is 0.252. The van der Waals surface area contributed by atoms with Crippen molar-refractivity contribution in [2.75, 3.05) is 7.05 Å². The van der Waals surface area contributed by atoms with Crippen LogP contribution in [0.5, 0.6) is 0 Å². The van der Waals surface area contributed by atoms with Crippen LogP contribution >= 0.6 is 0 Å². The van der Waals surface area contributed by atoms with Crippen molar-refractivity contribution in [2.24, 2.45) is 0 Å². The summed E-state index contributed by atoms with van der Waals surface area (Å²) in [4.78, 5) is 4.68. The van der Waals surface area contributed by atoms with Gasteiger partial charge in [-0.15, -0.1) is 0 Å². The molecule has 0 radical (unpaired) electrons. The van der Waals surface area contributed by atoms with Gasteiger partial charge in [0.05, 0.1) is 23.1 Å². The molecule has 1 aromatic heterocycles. The normalized spacial score (nSPS) is 14.2. The summed E-state index contributed by atoms with van der Waals surface area (Å²) < 4.78 is 2.32. The Bertz CT molecular complexity index is 731. The van der Waals surface area contributed by atoms with E-state index in [1.807, 2.05) is 13.1 Å². The highest BCUT2D eigenvalue weighted by atomic mass is 15.1. The maximum atomic E-state index is 4.68. The number of aryl methyl sites for hydroxylation is 1. The molecule has 2 unspecified atom stereocenters. The number of hydrogen-bond donors (Lipinski definition) is 1. The Hall–Kier alpha value is -2.13. The predicted octanol–water partition coefficient (Wildman–Crippen LogP) is 3.87. The molecule has 0 fully saturated rings. The highest BCUT2D eigenvalue weighted by molar-refractivity contribution is 5.76. The molecule has 3 heteroatoms. The predicted molar refractivity (Wildman–Crippen MR) is 87.4 cm³/mol. The summed E-state index contributed by atoms with van der Waals surface area (Å²) in [5.41, 5.74) is 3.55. The SMILES string of the molecule is CNC(c1ccccc1)C(C)n1c(C)nc2ccccc21. The van der Waals surface area contributed by atoms with E-state index in [-0.39, 0.29) is 12.1 Å². The molecular formula is C18H21N3. The van der Waals surface area contributed by atoms with E-state index in [0.717, 1.165) is 11.3 Å². The maximum Gasteiger partial charge on any atom is 0.107 e. The van der Waals surface area contributed by atoms with Gasteiger partial charge in [0.1, 0.15) is 5.82 Å². The summed E-state index contributed by atoms with van der Waals surface area (Å²) in [7, 11) is 2.02. The minimum Gasteiger partial charge on any atom is -0.323 e. The van der Waals surface area contributed by atoms with E-state index in [1.54, 1.807) is 0 Å². The van der Waals surface area contributed by atoms with Gasteiger partial charge in [0.15, 0.2) is 0 Å². The molecular weight excluding hydrogens is 258 g/mol. The lowest BCUT2D eigenvalue weighted by Gasteiger charge is -2.27. The minimum atomic E-state index is 0.252. The maximum absolute atomic E-state index is 4.68. The molecule has 0 saturated heterocycles. The number of fused-ring (bicyclic) bond motifs is 1. The van der Waals surface area contributed by atoms with Crippen LogP contribution in [-0.2, 0) is 0 Å². The molecule has 0 spiro atoms.